The second kappa shape index (κ2) is 8.98. The number of amides is 3. The fourth-order valence-corrected chi connectivity index (χ4v) is 3.01. The summed E-state index contributed by atoms with van der Waals surface area (Å²) in [6.07, 6.45) is 2.24. The third-order valence-electron chi connectivity index (χ3n) is 4.62. The number of benzene rings is 1. The SMILES string of the molecule is COc1ccccc1CNC(=O)c1ccnc(C(=O)N2CCN(C=O)CC2)c1. The minimum absolute atomic E-state index is 0.212. The highest BCUT2D eigenvalue weighted by molar-refractivity contribution is 5.98. The summed E-state index contributed by atoms with van der Waals surface area (Å²) >= 11 is 0. The average molecular weight is 382 g/mol. The number of ether oxygens (including phenoxy) is 1. The Labute approximate surface area is 163 Å². The first-order valence-corrected chi connectivity index (χ1v) is 8.97. The number of piperazine rings is 1. The van der Waals surface area contributed by atoms with E-state index in [-0.39, 0.29) is 17.5 Å². The van der Waals surface area contributed by atoms with Crippen LogP contribution < -0.4 is 10.1 Å². The van der Waals surface area contributed by atoms with Gasteiger partial charge in [0, 0.05) is 50.0 Å². The van der Waals surface area contributed by atoms with E-state index >= 15 is 0 Å². The van der Waals surface area contributed by atoms with E-state index in [1.165, 1.54) is 12.3 Å². The van der Waals surface area contributed by atoms with Crippen molar-refractivity contribution in [1.82, 2.24) is 20.1 Å². The smallest absolute Gasteiger partial charge is 0.272 e. The molecule has 0 atom stereocenters. The molecule has 3 rings (SSSR count). The van der Waals surface area contributed by atoms with Crippen molar-refractivity contribution < 1.29 is 19.1 Å². The lowest BCUT2D eigenvalue weighted by Crippen LogP contribution is -2.48. The van der Waals surface area contributed by atoms with Crippen molar-refractivity contribution in [2.24, 2.45) is 0 Å². The molecule has 1 aliphatic rings. The molecule has 3 amide bonds. The highest BCUT2D eigenvalue weighted by atomic mass is 16.5. The number of nitrogens with one attached hydrogen (secondary N) is 1. The van der Waals surface area contributed by atoms with Gasteiger partial charge in [-0.1, -0.05) is 18.2 Å². The third kappa shape index (κ3) is 4.46. The van der Waals surface area contributed by atoms with Crippen LogP contribution in [0.15, 0.2) is 42.6 Å². The molecule has 2 heterocycles. The zero-order valence-corrected chi connectivity index (χ0v) is 15.6. The van der Waals surface area contributed by atoms with Gasteiger partial charge in [-0.15, -0.1) is 0 Å². The standard InChI is InChI=1S/C20H22N4O4/c1-28-18-5-3-2-4-16(18)13-22-19(26)15-6-7-21-17(12-15)20(27)24-10-8-23(14-25)9-11-24/h2-7,12,14H,8-11,13H2,1H3,(H,22,26). The van der Waals surface area contributed by atoms with E-state index in [2.05, 4.69) is 10.3 Å². The Hall–Kier alpha value is -3.42. The number of rotatable bonds is 6. The van der Waals surface area contributed by atoms with Crippen LogP contribution in [0.25, 0.3) is 0 Å². The first kappa shape index (κ1) is 19.3. The van der Waals surface area contributed by atoms with Crippen molar-refractivity contribution in [3.05, 3.63) is 59.4 Å². The van der Waals surface area contributed by atoms with E-state index in [1.807, 2.05) is 24.3 Å². The highest BCUT2D eigenvalue weighted by Gasteiger charge is 2.23. The van der Waals surface area contributed by atoms with Gasteiger partial charge in [0.05, 0.1) is 7.11 Å². The summed E-state index contributed by atoms with van der Waals surface area (Å²) in [5, 5.41) is 2.83. The molecular weight excluding hydrogens is 360 g/mol. The van der Waals surface area contributed by atoms with Crippen LogP contribution in [0, 0.1) is 0 Å². The molecule has 1 aromatic carbocycles. The Morgan fingerprint density at radius 3 is 2.64 bits per heavy atom. The van der Waals surface area contributed by atoms with Crippen LogP contribution in [0.1, 0.15) is 26.4 Å². The van der Waals surface area contributed by atoms with E-state index in [9.17, 15) is 14.4 Å². The normalized spacial score (nSPS) is 13.8. The second-order valence-electron chi connectivity index (χ2n) is 6.36. The van der Waals surface area contributed by atoms with E-state index in [4.69, 9.17) is 4.74 Å². The summed E-state index contributed by atoms with van der Waals surface area (Å²) in [4.78, 5) is 43.3. The molecule has 1 N–H and O–H groups in total. The Morgan fingerprint density at radius 2 is 1.93 bits per heavy atom. The van der Waals surface area contributed by atoms with Gasteiger partial charge in [-0.05, 0) is 18.2 Å². The summed E-state index contributed by atoms with van der Waals surface area (Å²) in [7, 11) is 1.58. The molecule has 0 bridgehead atoms. The summed E-state index contributed by atoms with van der Waals surface area (Å²) < 4.78 is 5.28. The summed E-state index contributed by atoms with van der Waals surface area (Å²) in [5.74, 6) is 0.154. The Balaban J connectivity index is 1.64. The number of carbonyl (C=O) groups is 3. The highest BCUT2D eigenvalue weighted by Crippen LogP contribution is 2.17. The second-order valence-corrected chi connectivity index (χ2v) is 6.36. The molecule has 146 valence electrons. The lowest BCUT2D eigenvalue weighted by molar-refractivity contribution is -0.119. The number of hydrogen-bond acceptors (Lipinski definition) is 5. The molecule has 8 heteroatoms. The molecule has 28 heavy (non-hydrogen) atoms. The lowest BCUT2D eigenvalue weighted by atomic mass is 10.1. The lowest BCUT2D eigenvalue weighted by Gasteiger charge is -2.32. The molecule has 0 saturated carbocycles. The summed E-state index contributed by atoms with van der Waals surface area (Å²) in [6.45, 7) is 2.19. The monoisotopic (exact) mass is 382 g/mol. The molecule has 0 radical (unpaired) electrons. The van der Waals surface area contributed by atoms with E-state index in [0.717, 1.165) is 12.0 Å². The van der Waals surface area contributed by atoms with Gasteiger partial charge in [-0.2, -0.15) is 0 Å². The zero-order valence-electron chi connectivity index (χ0n) is 15.6. The molecule has 1 aliphatic heterocycles. The third-order valence-corrected chi connectivity index (χ3v) is 4.62. The molecule has 0 spiro atoms. The van der Waals surface area contributed by atoms with Crippen LogP contribution in [0.3, 0.4) is 0 Å². The van der Waals surface area contributed by atoms with E-state index in [1.54, 1.807) is 23.0 Å². The van der Waals surface area contributed by atoms with Crippen LogP contribution in [0.5, 0.6) is 5.75 Å². The molecular formula is C20H22N4O4. The molecule has 8 nitrogen and oxygen atoms in total. The number of aromatic nitrogens is 1. The van der Waals surface area contributed by atoms with Crippen LogP contribution in [-0.2, 0) is 11.3 Å². The van der Waals surface area contributed by atoms with Gasteiger partial charge in [0.25, 0.3) is 11.8 Å². The van der Waals surface area contributed by atoms with Crippen molar-refractivity contribution in [2.75, 3.05) is 33.3 Å². The minimum atomic E-state index is -0.298. The van der Waals surface area contributed by atoms with E-state index < -0.39 is 0 Å². The molecule has 1 fully saturated rings. The number of carbonyl (C=O) groups excluding carboxylic acids is 3. The van der Waals surface area contributed by atoms with Crippen molar-refractivity contribution in [3.8, 4) is 5.75 Å². The maximum absolute atomic E-state index is 12.6. The van der Waals surface area contributed by atoms with Crippen LogP contribution in [0.4, 0.5) is 0 Å². The number of para-hydroxylation sites is 1. The predicted octanol–water partition coefficient (Wildman–Crippen LogP) is 0.934. The van der Waals surface area contributed by atoms with Crippen molar-refractivity contribution in [1.29, 1.82) is 0 Å². The van der Waals surface area contributed by atoms with Gasteiger partial charge in [0.2, 0.25) is 6.41 Å². The first-order valence-electron chi connectivity index (χ1n) is 8.97. The van der Waals surface area contributed by atoms with Gasteiger partial charge in [0.15, 0.2) is 0 Å². The van der Waals surface area contributed by atoms with Crippen LogP contribution >= 0.6 is 0 Å². The number of pyridine rings is 1. The molecule has 0 unspecified atom stereocenters. The molecule has 0 aliphatic carbocycles. The van der Waals surface area contributed by atoms with Crippen molar-refractivity contribution in [3.63, 3.8) is 0 Å². The van der Waals surface area contributed by atoms with Gasteiger partial charge in [0.1, 0.15) is 11.4 Å². The summed E-state index contributed by atoms with van der Waals surface area (Å²) in [6, 6.07) is 10.5. The topological polar surface area (TPSA) is 91.8 Å². The van der Waals surface area contributed by atoms with Crippen molar-refractivity contribution >= 4 is 18.2 Å². The number of hydrogen-bond donors (Lipinski definition) is 1. The zero-order chi connectivity index (χ0) is 19.9. The van der Waals surface area contributed by atoms with Crippen LogP contribution in [-0.4, -0.2) is 66.3 Å². The number of methoxy groups -OCH3 is 1. The maximum Gasteiger partial charge on any atom is 0.272 e. The van der Waals surface area contributed by atoms with Gasteiger partial charge < -0.3 is 19.9 Å². The Kier molecular flexibility index (Phi) is 6.21. The van der Waals surface area contributed by atoms with Crippen molar-refractivity contribution in [2.45, 2.75) is 6.54 Å². The average Bonchev–Trinajstić information content (AvgIpc) is 2.77. The fourth-order valence-electron chi connectivity index (χ4n) is 3.01. The minimum Gasteiger partial charge on any atom is -0.496 e. The van der Waals surface area contributed by atoms with Gasteiger partial charge in [-0.25, -0.2) is 0 Å². The van der Waals surface area contributed by atoms with E-state index in [0.29, 0.717) is 44.0 Å². The molecule has 1 aromatic heterocycles. The van der Waals surface area contributed by atoms with Crippen LogP contribution in [0.2, 0.25) is 0 Å². The number of nitrogens with zero attached hydrogens (tertiary/aromatic N) is 3. The maximum atomic E-state index is 12.6. The quantitative estimate of drug-likeness (QED) is 0.751. The largest absolute Gasteiger partial charge is 0.496 e. The van der Waals surface area contributed by atoms with Gasteiger partial charge in [-0.3, -0.25) is 19.4 Å². The molecule has 2 aromatic rings. The first-order chi connectivity index (χ1) is 13.6. The fraction of sp³-hybridized carbons (Fsp3) is 0.300. The Bertz CT molecular complexity index is 863. The summed E-state index contributed by atoms with van der Waals surface area (Å²) in [5.41, 5.74) is 1.43. The predicted molar refractivity (Wildman–Crippen MR) is 102 cm³/mol. The Morgan fingerprint density at radius 1 is 1.18 bits per heavy atom. The van der Waals surface area contributed by atoms with Gasteiger partial charge >= 0.3 is 0 Å². The molecule has 1 saturated heterocycles.